The molecule has 5 heteroatoms. The first kappa shape index (κ1) is 17.3. The van der Waals surface area contributed by atoms with Crippen LogP contribution in [0.3, 0.4) is 0 Å². The van der Waals surface area contributed by atoms with E-state index in [-0.39, 0.29) is 12.5 Å². The Hall–Kier alpha value is -0.710. The number of carbonyl (C=O) groups is 2. The van der Waals surface area contributed by atoms with Crippen molar-refractivity contribution in [1.29, 1.82) is 0 Å². The van der Waals surface area contributed by atoms with E-state index in [4.69, 9.17) is 4.74 Å². The molecule has 0 saturated carbocycles. The van der Waals surface area contributed by atoms with Crippen LogP contribution in [0.25, 0.3) is 0 Å². The highest BCUT2D eigenvalue weighted by atomic mass is 32.2. The van der Waals surface area contributed by atoms with E-state index in [0.29, 0.717) is 18.6 Å². The van der Waals surface area contributed by atoms with Gasteiger partial charge < -0.3 is 9.84 Å². The molecule has 0 amide bonds. The summed E-state index contributed by atoms with van der Waals surface area (Å²) < 4.78 is 4.97. The lowest BCUT2D eigenvalue weighted by Crippen LogP contribution is -2.42. The molecule has 0 spiro atoms. The Bertz CT molecular complexity index is 278. The Labute approximate surface area is 113 Å². The fourth-order valence-corrected chi connectivity index (χ4v) is 2.71. The molecule has 0 aliphatic heterocycles. The SMILES string of the molecule is CCOC(=O)C(CCSCC)(CC(C)C)C(=O)O. The van der Waals surface area contributed by atoms with E-state index in [1.54, 1.807) is 18.7 Å². The topological polar surface area (TPSA) is 63.6 Å². The number of ether oxygens (including phenoxy) is 1. The summed E-state index contributed by atoms with van der Waals surface area (Å²) in [4.78, 5) is 23.6. The predicted molar refractivity (Wildman–Crippen MR) is 73.8 cm³/mol. The quantitative estimate of drug-likeness (QED) is 0.398. The van der Waals surface area contributed by atoms with Gasteiger partial charge in [-0.05, 0) is 37.2 Å². The maximum atomic E-state index is 12.0. The van der Waals surface area contributed by atoms with Crippen LogP contribution in [0.5, 0.6) is 0 Å². The molecular weight excluding hydrogens is 252 g/mol. The minimum atomic E-state index is -1.38. The van der Waals surface area contributed by atoms with Gasteiger partial charge in [0, 0.05) is 0 Å². The molecule has 1 N–H and O–H groups in total. The molecule has 0 aromatic rings. The van der Waals surface area contributed by atoms with Crippen LogP contribution in [0.2, 0.25) is 0 Å². The first-order valence-electron chi connectivity index (χ1n) is 6.39. The molecule has 0 aliphatic carbocycles. The number of hydrogen-bond acceptors (Lipinski definition) is 4. The van der Waals surface area contributed by atoms with Crippen molar-refractivity contribution in [1.82, 2.24) is 0 Å². The molecule has 4 nitrogen and oxygen atoms in total. The summed E-state index contributed by atoms with van der Waals surface area (Å²) in [7, 11) is 0. The molecule has 0 bridgehead atoms. The number of rotatable bonds is 9. The molecule has 0 aromatic carbocycles. The summed E-state index contributed by atoms with van der Waals surface area (Å²) in [6, 6.07) is 0. The van der Waals surface area contributed by atoms with Crippen LogP contribution < -0.4 is 0 Å². The van der Waals surface area contributed by atoms with Gasteiger partial charge in [-0.3, -0.25) is 9.59 Å². The van der Waals surface area contributed by atoms with Crippen LogP contribution in [-0.4, -0.2) is 35.2 Å². The fourth-order valence-electron chi connectivity index (χ4n) is 1.93. The molecular formula is C13H24O4S. The van der Waals surface area contributed by atoms with Crippen molar-refractivity contribution in [2.24, 2.45) is 11.3 Å². The summed E-state index contributed by atoms with van der Waals surface area (Å²) in [6.07, 6.45) is 0.656. The number of esters is 1. The van der Waals surface area contributed by atoms with Crippen molar-refractivity contribution in [3.05, 3.63) is 0 Å². The van der Waals surface area contributed by atoms with Gasteiger partial charge in [0.25, 0.3) is 0 Å². The Kier molecular flexibility index (Phi) is 8.07. The zero-order chi connectivity index (χ0) is 14.2. The molecule has 18 heavy (non-hydrogen) atoms. The second-order valence-corrected chi connectivity index (χ2v) is 6.05. The minimum absolute atomic E-state index is 0.136. The van der Waals surface area contributed by atoms with Crippen LogP contribution in [-0.2, 0) is 14.3 Å². The van der Waals surface area contributed by atoms with Gasteiger partial charge in [-0.2, -0.15) is 11.8 Å². The number of thioether (sulfide) groups is 1. The van der Waals surface area contributed by atoms with Gasteiger partial charge in [0.1, 0.15) is 0 Å². The number of aliphatic carboxylic acids is 1. The van der Waals surface area contributed by atoms with E-state index < -0.39 is 17.4 Å². The molecule has 0 radical (unpaired) electrons. The van der Waals surface area contributed by atoms with Crippen LogP contribution in [0.1, 0.15) is 40.5 Å². The number of hydrogen-bond donors (Lipinski definition) is 1. The van der Waals surface area contributed by atoms with Gasteiger partial charge >= 0.3 is 11.9 Å². The Balaban J connectivity index is 5.02. The molecule has 0 fully saturated rings. The van der Waals surface area contributed by atoms with E-state index >= 15 is 0 Å². The minimum Gasteiger partial charge on any atom is -0.480 e. The molecule has 0 rings (SSSR count). The van der Waals surface area contributed by atoms with E-state index in [0.717, 1.165) is 5.75 Å². The van der Waals surface area contributed by atoms with Gasteiger partial charge in [-0.25, -0.2) is 0 Å². The normalized spacial score (nSPS) is 14.3. The van der Waals surface area contributed by atoms with Crippen LogP contribution in [0.4, 0.5) is 0 Å². The van der Waals surface area contributed by atoms with Gasteiger partial charge in [0.2, 0.25) is 0 Å². The lowest BCUT2D eigenvalue weighted by atomic mass is 9.78. The maximum Gasteiger partial charge on any atom is 0.323 e. The van der Waals surface area contributed by atoms with Gasteiger partial charge in [0.05, 0.1) is 6.61 Å². The average molecular weight is 276 g/mol. The highest BCUT2D eigenvalue weighted by Crippen LogP contribution is 2.34. The van der Waals surface area contributed by atoms with Crippen molar-refractivity contribution in [3.63, 3.8) is 0 Å². The van der Waals surface area contributed by atoms with Crippen molar-refractivity contribution in [2.75, 3.05) is 18.1 Å². The largest absolute Gasteiger partial charge is 0.480 e. The summed E-state index contributed by atoms with van der Waals surface area (Å²) in [5.74, 6) is 0.0561. The van der Waals surface area contributed by atoms with Crippen molar-refractivity contribution < 1.29 is 19.4 Å². The third-order valence-electron chi connectivity index (χ3n) is 2.71. The van der Waals surface area contributed by atoms with Gasteiger partial charge in [-0.1, -0.05) is 20.8 Å². The summed E-state index contributed by atoms with van der Waals surface area (Å²) >= 11 is 1.64. The molecule has 0 heterocycles. The van der Waals surface area contributed by atoms with E-state index in [2.05, 4.69) is 0 Å². The van der Waals surface area contributed by atoms with Crippen molar-refractivity contribution >= 4 is 23.7 Å². The first-order chi connectivity index (χ1) is 8.40. The van der Waals surface area contributed by atoms with Crippen molar-refractivity contribution in [2.45, 2.75) is 40.5 Å². The smallest absolute Gasteiger partial charge is 0.323 e. The predicted octanol–water partition coefficient (Wildman–Crippen LogP) is 2.81. The Morgan fingerprint density at radius 1 is 1.33 bits per heavy atom. The number of carbonyl (C=O) groups excluding carboxylic acids is 1. The molecule has 1 atom stereocenters. The summed E-state index contributed by atoms with van der Waals surface area (Å²) in [5.41, 5.74) is -1.38. The first-order valence-corrected chi connectivity index (χ1v) is 7.54. The van der Waals surface area contributed by atoms with Crippen LogP contribution in [0.15, 0.2) is 0 Å². The second kappa shape index (κ2) is 8.40. The zero-order valence-corrected chi connectivity index (χ0v) is 12.5. The molecule has 0 saturated heterocycles. The highest BCUT2D eigenvalue weighted by Gasteiger charge is 2.47. The standard InChI is InChI=1S/C13H24O4S/c1-5-17-12(16)13(11(14)15,9-10(3)4)7-8-18-6-2/h10H,5-9H2,1-4H3,(H,14,15). The van der Waals surface area contributed by atoms with Gasteiger partial charge in [-0.15, -0.1) is 0 Å². The summed E-state index contributed by atoms with van der Waals surface area (Å²) in [5, 5.41) is 9.46. The third kappa shape index (κ3) is 4.88. The lowest BCUT2D eigenvalue weighted by molar-refractivity contribution is -0.170. The van der Waals surface area contributed by atoms with Crippen molar-refractivity contribution in [3.8, 4) is 0 Å². The monoisotopic (exact) mass is 276 g/mol. The molecule has 1 unspecified atom stereocenters. The van der Waals surface area contributed by atoms with Crippen LogP contribution >= 0.6 is 11.8 Å². The lowest BCUT2D eigenvalue weighted by Gasteiger charge is -2.28. The summed E-state index contributed by atoms with van der Waals surface area (Å²) in [6.45, 7) is 7.77. The van der Waals surface area contributed by atoms with Crippen LogP contribution in [0, 0.1) is 11.3 Å². The third-order valence-corrected chi connectivity index (χ3v) is 3.61. The van der Waals surface area contributed by atoms with E-state index in [9.17, 15) is 14.7 Å². The maximum absolute atomic E-state index is 12.0. The molecule has 0 aliphatic rings. The number of carboxylic acids is 1. The number of carboxylic acid groups (broad SMARTS) is 1. The Morgan fingerprint density at radius 3 is 2.33 bits per heavy atom. The average Bonchev–Trinajstić information content (AvgIpc) is 2.27. The molecule has 106 valence electrons. The molecule has 0 aromatic heterocycles. The van der Waals surface area contributed by atoms with Gasteiger partial charge in [0.15, 0.2) is 5.41 Å². The Morgan fingerprint density at radius 2 is 1.94 bits per heavy atom. The second-order valence-electron chi connectivity index (χ2n) is 4.65. The zero-order valence-electron chi connectivity index (χ0n) is 11.7. The van der Waals surface area contributed by atoms with E-state index in [1.807, 2.05) is 20.8 Å². The van der Waals surface area contributed by atoms with E-state index in [1.165, 1.54) is 0 Å². The fraction of sp³-hybridized carbons (Fsp3) is 0.846. The highest BCUT2D eigenvalue weighted by molar-refractivity contribution is 7.99.